The van der Waals surface area contributed by atoms with Crippen LogP contribution in [0.5, 0.6) is 0 Å². The van der Waals surface area contributed by atoms with Gasteiger partial charge in [-0.15, -0.1) is 0 Å². The van der Waals surface area contributed by atoms with Gasteiger partial charge in [0.1, 0.15) is 0 Å². The standard InChI is InChI=1S/C8H13N3O/c1-4(2)6-5(3)7(8(9)12)11-10-6/h4H,1-3H3,(H2,9,12)(H,10,11). The SMILES string of the molecule is Cc1c(C(N)=O)n[nH]c1C(C)C. The lowest BCUT2D eigenvalue weighted by molar-refractivity contribution is 0.0995. The minimum absolute atomic E-state index is 0.339. The zero-order chi connectivity index (χ0) is 9.30. The molecule has 0 aliphatic heterocycles. The van der Waals surface area contributed by atoms with Crippen molar-refractivity contribution in [3.63, 3.8) is 0 Å². The highest BCUT2D eigenvalue weighted by molar-refractivity contribution is 5.92. The van der Waals surface area contributed by atoms with Crippen molar-refractivity contribution in [1.82, 2.24) is 10.2 Å². The van der Waals surface area contributed by atoms with E-state index in [4.69, 9.17) is 5.73 Å². The van der Waals surface area contributed by atoms with E-state index in [1.165, 1.54) is 0 Å². The Hall–Kier alpha value is -1.32. The molecule has 4 nitrogen and oxygen atoms in total. The molecule has 12 heavy (non-hydrogen) atoms. The van der Waals surface area contributed by atoms with Crippen LogP contribution in [0.3, 0.4) is 0 Å². The number of primary amides is 1. The molecule has 0 aliphatic carbocycles. The average Bonchev–Trinajstić information content (AvgIpc) is 2.30. The molecule has 0 fully saturated rings. The molecule has 3 N–H and O–H groups in total. The van der Waals surface area contributed by atoms with Crippen molar-refractivity contribution in [2.24, 2.45) is 5.73 Å². The molecule has 0 spiro atoms. The lowest BCUT2D eigenvalue weighted by Crippen LogP contribution is -2.12. The maximum Gasteiger partial charge on any atom is 0.269 e. The molecule has 1 aromatic rings. The van der Waals surface area contributed by atoms with Crippen LogP contribution in [-0.2, 0) is 0 Å². The fourth-order valence-electron chi connectivity index (χ4n) is 1.21. The van der Waals surface area contributed by atoms with Gasteiger partial charge in [-0.25, -0.2) is 0 Å². The molecule has 0 aromatic carbocycles. The van der Waals surface area contributed by atoms with Crippen LogP contribution in [0.2, 0.25) is 0 Å². The molecule has 0 aliphatic rings. The zero-order valence-electron chi connectivity index (χ0n) is 7.51. The number of aromatic amines is 1. The van der Waals surface area contributed by atoms with Crippen LogP contribution in [0.4, 0.5) is 0 Å². The highest BCUT2D eigenvalue weighted by atomic mass is 16.1. The topological polar surface area (TPSA) is 71.8 Å². The summed E-state index contributed by atoms with van der Waals surface area (Å²) in [4.78, 5) is 10.8. The Morgan fingerprint density at radius 1 is 1.58 bits per heavy atom. The largest absolute Gasteiger partial charge is 0.364 e. The van der Waals surface area contributed by atoms with Crippen molar-refractivity contribution < 1.29 is 4.79 Å². The van der Waals surface area contributed by atoms with E-state index in [0.29, 0.717) is 11.6 Å². The second-order valence-corrected chi connectivity index (χ2v) is 3.13. The van der Waals surface area contributed by atoms with Gasteiger partial charge in [0.15, 0.2) is 5.69 Å². The number of nitrogens with zero attached hydrogens (tertiary/aromatic N) is 1. The predicted molar refractivity (Wildman–Crippen MR) is 45.9 cm³/mol. The third kappa shape index (κ3) is 1.32. The maximum absolute atomic E-state index is 10.8. The highest BCUT2D eigenvalue weighted by Gasteiger charge is 2.14. The average molecular weight is 167 g/mol. The number of carbonyl (C=O) groups is 1. The van der Waals surface area contributed by atoms with E-state index in [1.807, 2.05) is 20.8 Å². The highest BCUT2D eigenvalue weighted by Crippen LogP contribution is 2.17. The Morgan fingerprint density at radius 3 is 2.42 bits per heavy atom. The summed E-state index contributed by atoms with van der Waals surface area (Å²) in [5.74, 6) is -0.138. The molecule has 0 bridgehead atoms. The van der Waals surface area contributed by atoms with E-state index >= 15 is 0 Å². The normalized spacial score (nSPS) is 10.7. The van der Waals surface area contributed by atoms with Gasteiger partial charge >= 0.3 is 0 Å². The summed E-state index contributed by atoms with van der Waals surface area (Å²) >= 11 is 0. The Kier molecular flexibility index (Phi) is 2.17. The molecule has 1 amide bonds. The molecule has 0 unspecified atom stereocenters. The number of nitrogens with two attached hydrogens (primary N) is 1. The van der Waals surface area contributed by atoms with E-state index in [1.54, 1.807) is 0 Å². The Morgan fingerprint density at radius 2 is 2.17 bits per heavy atom. The summed E-state index contributed by atoms with van der Waals surface area (Å²) < 4.78 is 0. The van der Waals surface area contributed by atoms with Crippen molar-refractivity contribution in [2.45, 2.75) is 26.7 Å². The molecule has 0 saturated carbocycles. The fraction of sp³-hybridized carbons (Fsp3) is 0.500. The van der Waals surface area contributed by atoms with E-state index in [-0.39, 0.29) is 0 Å². The van der Waals surface area contributed by atoms with Crippen LogP contribution in [0.25, 0.3) is 0 Å². The summed E-state index contributed by atoms with van der Waals surface area (Å²) in [7, 11) is 0. The van der Waals surface area contributed by atoms with Gasteiger partial charge in [-0.05, 0) is 12.8 Å². The first-order chi connectivity index (χ1) is 5.54. The van der Waals surface area contributed by atoms with Gasteiger partial charge in [0.25, 0.3) is 5.91 Å². The van der Waals surface area contributed by atoms with Crippen molar-refractivity contribution in [3.05, 3.63) is 17.0 Å². The lowest BCUT2D eigenvalue weighted by Gasteiger charge is -2.01. The molecule has 0 radical (unpaired) electrons. The first kappa shape index (κ1) is 8.77. The van der Waals surface area contributed by atoms with Crippen molar-refractivity contribution in [2.75, 3.05) is 0 Å². The molecule has 1 rings (SSSR count). The lowest BCUT2D eigenvalue weighted by atomic mass is 10.1. The Labute approximate surface area is 71.2 Å². The first-order valence-electron chi connectivity index (χ1n) is 3.88. The number of hydrogen-bond acceptors (Lipinski definition) is 2. The van der Waals surface area contributed by atoms with Crippen LogP contribution in [0.15, 0.2) is 0 Å². The number of carbonyl (C=O) groups excluding carboxylic acids is 1. The van der Waals surface area contributed by atoms with Crippen LogP contribution in [0.1, 0.15) is 41.5 Å². The second kappa shape index (κ2) is 2.97. The van der Waals surface area contributed by atoms with Crippen LogP contribution < -0.4 is 5.73 Å². The van der Waals surface area contributed by atoms with Gasteiger partial charge in [-0.1, -0.05) is 13.8 Å². The Balaban J connectivity index is 3.13. The minimum atomic E-state index is -0.476. The number of hydrogen-bond donors (Lipinski definition) is 2. The number of nitrogens with one attached hydrogen (secondary N) is 1. The minimum Gasteiger partial charge on any atom is -0.364 e. The summed E-state index contributed by atoms with van der Waals surface area (Å²) in [5.41, 5.74) is 7.29. The van der Waals surface area contributed by atoms with E-state index < -0.39 is 5.91 Å². The number of aromatic nitrogens is 2. The molecule has 1 heterocycles. The van der Waals surface area contributed by atoms with Crippen LogP contribution >= 0.6 is 0 Å². The molecule has 66 valence electrons. The quantitative estimate of drug-likeness (QED) is 0.688. The fourth-order valence-corrected chi connectivity index (χ4v) is 1.21. The molecule has 4 heteroatoms. The smallest absolute Gasteiger partial charge is 0.269 e. The molecule has 0 atom stereocenters. The zero-order valence-corrected chi connectivity index (χ0v) is 7.51. The number of H-pyrrole nitrogens is 1. The van der Waals surface area contributed by atoms with E-state index in [9.17, 15) is 4.79 Å². The van der Waals surface area contributed by atoms with Gasteiger partial charge in [-0.3, -0.25) is 9.89 Å². The van der Waals surface area contributed by atoms with Crippen molar-refractivity contribution in [1.29, 1.82) is 0 Å². The van der Waals surface area contributed by atoms with Gasteiger partial charge in [0, 0.05) is 11.3 Å². The van der Waals surface area contributed by atoms with Crippen molar-refractivity contribution >= 4 is 5.91 Å². The summed E-state index contributed by atoms with van der Waals surface area (Å²) in [6, 6.07) is 0. The van der Waals surface area contributed by atoms with E-state index in [2.05, 4.69) is 10.2 Å². The number of rotatable bonds is 2. The Bertz CT molecular complexity index is 301. The molecular weight excluding hydrogens is 154 g/mol. The molecular formula is C8H13N3O. The van der Waals surface area contributed by atoms with Gasteiger partial charge in [-0.2, -0.15) is 5.10 Å². The predicted octanol–water partition coefficient (Wildman–Crippen LogP) is 0.940. The van der Waals surface area contributed by atoms with Gasteiger partial charge in [0.2, 0.25) is 0 Å². The monoisotopic (exact) mass is 167 g/mol. The molecule has 1 aromatic heterocycles. The van der Waals surface area contributed by atoms with Gasteiger partial charge in [0.05, 0.1) is 0 Å². The third-order valence-electron chi connectivity index (χ3n) is 1.86. The summed E-state index contributed by atoms with van der Waals surface area (Å²) in [6.07, 6.45) is 0. The second-order valence-electron chi connectivity index (χ2n) is 3.13. The van der Waals surface area contributed by atoms with Crippen molar-refractivity contribution in [3.8, 4) is 0 Å². The first-order valence-corrected chi connectivity index (χ1v) is 3.88. The van der Waals surface area contributed by atoms with Crippen LogP contribution in [-0.4, -0.2) is 16.1 Å². The number of amides is 1. The third-order valence-corrected chi connectivity index (χ3v) is 1.86. The maximum atomic E-state index is 10.8. The van der Waals surface area contributed by atoms with E-state index in [0.717, 1.165) is 11.3 Å². The summed E-state index contributed by atoms with van der Waals surface area (Å²) in [6.45, 7) is 5.91. The van der Waals surface area contributed by atoms with Gasteiger partial charge < -0.3 is 5.73 Å². The van der Waals surface area contributed by atoms with Crippen LogP contribution in [0, 0.1) is 6.92 Å². The summed E-state index contributed by atoms with van der Waals surface area (Å²) in [5, 5.41) is 6.64. The molecule has 0 saturated heterocycles.